The maximum Gasteiger partial charge on any atom is 0.123 e. The number of hydrogen-bond donors (Lipinski definition) is 2. The molecule has 1 aromatic carbocycles. The van der Waals surface area contributed by atoms with Gasteiger partial charge in [-0.3, -0.25) is 4.90 Å². The first-order valence-electron chi connectivity index (χ1n) is 5.59. The molecule has 2 rings (SSSR count). The van der Waals surface area contributed by atoms with Gasteiger partial charge in [-0.25, -0.2) is 0 Å². The van der Waals surface area contributed by atoms with E-state index in [-0.39, 0.29) is 12.6 Å². The van der Waals surface area contributed by atoms with Crippen LogP contribution in [0.25, 0.3) is 0 Å². The first kappa shape index (κ1) is 11.4. The lowest BCUT2D eigenvalue weighted by Gasteiger charge is -2.22. The van der Waals surface area contributed by atoms with Gasteiger partial charge >= 0.3 is 0 Å². The van der Waals surface area contributed by atoms with Gasteiger partial charge < -0.3 is 15.6 Å². The summed E-state index contributed by atoms with van der Waals surface area (Å²) in [4.78, 5) is 2.22. The van der Waals surface area contributed by atoms with E-state index < -0.39 is 0 Å². The van der Waals surface area contributed by atoms with Gasteiger partial charge in [0.1, 0.15) is 12.4 Å². The molecule has 16 heavy (non-hydrogen) atoms. The minimum absolute atomic E-state index is 0.0268. The molecule has 0 saturated carbocycles. The normalized spacial score (nSPS) is 18.4. The minimum atomic E-state index is -0.176. The summed E-state index contributed by atoms with van der Waals surface area (Å²) in [5.74, 6) is 0.961. The van der Waals surface area contributed by atoms with Gasteiger partial charge in [0.25, 0.3) is 0 Å². The van der Waals surface area contributed by atoms with Crippen LogP contribution in [0.3, 0.4) is 0 Å². The van der Waals surface area contributed by atoms with E-state index >= 15 is 0 Å². The van der Waals surface area contributed by atoms with Crippen LogP contribution in [0.1, 0.15) is 5.56 Å². The summed E-state index contributed by atoms with van der Waals surface area (Å²) >= 11 is 0. The summed E-state index contributed by atoms with van der Waals surface area (Å²) in [6.07, 6.45) is 0. The molecule has 1 unspecified atom stereocenters. The molecule has 0 saturated heterocycles. The minimum Gasteiger partial charge on any atom is -0.492 e. The number of nitrogens with two attached hydrogens (primary N) is 1. The van der Waals surface area contributed by atoms with Crippen molar-refractivity contribution in [2.75, 3.05) is 26.3 Å². The van der Waals surface area contributed by atoms with Crippen LogP contribution < -0.4 is 10.5 Å². The van der Waals surface area contributed by atoms with Crippen LogP contribution in [0.2, 0.25) is 0 Å². The van der Waals surface area contributed by atoms with Crippen LogP contribution in [-0.4, -0.2) is 42.4 Å². The SMILES string of the molecule is NC(CO)CN1CCOc2ccccc2C1. The average Bonchev–Trinajstić information content (AvgIpc) is 2.50. The van der Waals surface area contributed by atoms with Crippen LogP contribution in [0.15, 0.2) is 24.3 Å². The Morgan fingerprint density at radius 3 is 3.06 bits per heavy atom. The molecular weight excluding hydrogens is 204 g/mol. The maximum absolute atomic E-state index is 8.95. The molecule has 4 heteroatoms. The summed E-state index contributed by atoms with van der Waals surface area (Å²) in [6.45, 7) is 3.09. The molecule has 88 valence electrons. The molecule has 1 aliphatic rings. The van der Waals surface area contributed by atoms with Gasteiger partial charge in [-0.2, -0.15) is 0 Å². The van der Waals surface area contributed by atoms with Crippen molar-refractivity contribution in [3.05, 3.63) is 29.8 Å². The number of ether oxygens (including phenoxy) is 1. The summed E-state index contributed by atoms with van der Waals surface area (Å²) in [5, 5.41) is 8.95. The Hall–Kier alpha value is -1.10. The highest BCUT2D eigenvalue weighted by atomic mass is 16.5. The molecule has 0 spiro atoms. The molecule has 1 atom stereocenters. The van der Waals surface area contributed by atoms with Crippen molar-refractivity contribution in [1.82, 2.24) is 4.90 Å². The van der Waals surface area contributed by atoms with Crippen molar-refractivity contribution in [2.24, 2.45) is 5.73 Å². The Kier molecular flexibility index (Phi) is 3.77. The van der Waals surface area contributed by atoms with Gasteiger partial charge in [0.15, 0.2) is 0 Å². The zero-order chi connectivity index (χ0) is 11.4. The van der Waals surface area contributed by atoms with Gasteiger partial charge in [0.2, 0.25) is 0 Å². The van der Waals surface area contributed by atoms with Crippen molar-refractivity contribution in [2.45, 2.75) is 12.6 Å². The van der Waals surface area contributed by atoms with Crippen LogP contribution >= 0.6 is 0 Å². The number of nitrogens with zero attached hydrogens (tertiary/aromatic N) is 1. The molecule has 3 N–H and O–H groups in total. The fourth-order valence-corrected chi connectivity index (χ4v) is 1.93. The second kappa shape index (κ2) is 5.30. The largest absolute Gasteiger partial charge is 0.492 e. The predicted molar refractivity (Wildman–Crippen MR) is 62.3 cm³/mol. The van der Waals surface area contributed by atoms with E-state index in [0.29, 0.717) is 13.2 Å². The van der Waals surface area contributed by atoms with E-state index in [2.05, 4.69) is 11.0 Å². The number of benzene rings is 1. The van der Waals surface area contributed by atoms with Crippen molar-refractivity contribution >= 4 is 0 Å². The van der Waals surface area contributed by atoms with Gasteiger partial charge in [-0.05, 0) is 6.07 Å². The fourth-order valence-electron chi connectivity index (χ4n) is 1.93. The number of aliphatic hydroxyl groups excluding tert-OH is 1. The second-order valence-electron chi connectivity index (χ2n) is 4.13. The van der Waals surface area contributed by atoms with E-state index in [4.69, 9.17) is 15.6 Å². The summed E-state index contributed by atoms with van der Waals surface area (Å²) in [7, 11) is 0. The van der Waals surface area contributed by atoms with Crippen LogP contribution in [0, 0.1) is 0 Å². The van der Waals surface area contributed by atoms with Gasteiger partial charge in [-0.15, -0.1) is 0 Å². The van der Waals surface area contributed by atoms with E-state index in [9.17, 15) is 0 Å². The lowest BCUT2D eigenvalue weighted by atomic mass is 10.2. The quantitative estimate of drug-likeness (QED) is 0.767. The molecule has 0 radical (unpaired) electrons. The van der Waals surface area contributed by atoms with Gasteiger partial charge in [0.05, 0.1) is 6.61 Å². The molecule has 0 aromatic heterocycles. The zero-order valence-electron chi connectivity index (χ0n) is 9.30. The van der Waals surface area contributed by atoms with Crippen molar-refractivity contribution in [1.29, 1.82) is 0 Å². The van der Waals surface area contributed by atoms with Crippen molar-refractivity contribution in [3.63, 3.8) is 0 Å². The third kappa shape index (κ3) is 2.72. The molecular formula is C12H18N2O2. The molecule has 0 fully saturated rings. The Bertz CT molecular complexity index is 344. The lowest BCUT2D eigenvalue weighted by molar-refractivity contribution is 0.183. The van der Waals surface area contributed by atoms with Crippen LogP contribution in [0.5, 0.6) is 5.75 Å². The Morgan fingerprint density at radius 2 is 2.25 bits per heavy atom. The standard InChI is InChI=1S/C12H18N2O2/c13-11(9-15)8-14-5-6-16-12-4-2-1-3-10(12)7-14/h1-4,11,15H,5-9,13H2. The molecule has 0 aliphatic carbocycles. The van der Waals surface area contributed by atoms with Crippen LogP contribution in [-0.2, 0) is 6.54 Å². The monoisotopic (exact) mass is 222 g/mol. The van der Waals surface area contributed by atoms with E-state index in [1.165, 1.54) is 5.56 Å². The zero-order valence-corrected chi connectivity index (χ0v) is 9.30. The Morgan fingerprint density at radius 1 is 1.44 bits per heavy atom. The highest BCUT2D eigenvalue weighted by Gasteiger charge is 2.16. The highest BCUT2D eigenvalue weighted by Crippen LogP contribution is 2.22. The second-order valence-corrected chi connectivity index (χ2v) is 4.13. The number of fused-ring (bicyclic) bond motifs is 1. The van der Waals surface area contributed by atoms with Crippen molar-refractivity contribution in [3.8, 4) is 5.75 Å². The smallest absolute Gasteiger partial charge is 0.123 e. The van der Waals surface area contributed by atoms with Crippen LogP contribution in [0.4, 0.5) is 0 Å². The number of rotatable bonds is 3. The first-order valence-corrected chi connectivity index (χ1v) is 5.59. The Labute approximate surface area is 95.6 Å². The van der Waals surface area contributed by atoms with Gasteiger partial charge in [-0.1, -0.05) is 18.2 Å². The fraction of sp³-hybridized carbons (Fsp3) is 0.500. The first-order chi connectivity index (χ1) is 7.79. The van der Waals surface area contributed by atoms with Crippen molar-refractivity contribution < 1.29 is 9.84 Å². The lowest BCUT2D eigenvalue weighted by Crippen LogP contribution is -2.40. The third-order valence-corrected chi connectivity index (χ3v) is 2.76. The molecule has 0 bridgehead atoms. The van der Waals surface area contributed by atoms with E-state index in [1.807, 2.05) is 18.2 Å². The molecule has 0 amide bonds. The summed E-state index contributed by atoms with van der Waals surface area (Å²) in [5.41, 5.74) is 6.93. The molecule has 1 aromatic rings. The third-order valence-electron chi connectivity index (χ3n) is 2.76. The highest BCUT2D eigenvalue weighted by molar-refractivity contribution is 5.33. The average molecular weight is 222 g/mol. The topological polar surface area (TPSA) is 58.7 Å². The van der Waals surface area contributed by atoms with E-state index in [0.717, 1.165) is 18.8 Å². The molecule has 4 nitrogen and oxygen atoms in total. The van der Waals surface area contributed by atoms with E-state index in [1.54, 1.807) is 0 Å². The maximum atomic E-state index is 8.95. The predicted octanol–water partition coefficient (Wildman–Crippen LogP) is 0.201. The van der Waals surface area contributed by atoms with Gasteiger partial charge in [0, 0.05) is 31.2 Å². The Balaban J connectivity index is 2.05. The molecule has 1 heterocycles. The number of para-hydroxylation sites is 1. The summed E-state index contributed by atoms with van der Waals surface area (Å²) < 4.78 is 5.65. The molecule has 1 aliphatic heterocycles. The number of aliphatic hydroxyl groups is 1. The summed E-state index contributed by atoms with van der Waals surface area (Å²) in [6, 6.07) is 7.87. The number of hydrogen-bond acceptors (Lipinski definition) is 4.